The lowest BCUT2D eigenvalue weighted by molar-refractivity contribution is -0.138. The summed E-state index contributed by atoms with van der Waals surface area (Å²) in [5, 5.41) is 3.03. The van der Waals surface area contributed by atoms with Crippen molar-refractivity contribution in [1.29, 1.82) is 0 Å². The normalized spacial score (nSPS) is 22.5. The third-order valence-corrected chi connectivity index (χ3v) is 7.28. The number of piperazine rings is 1. The van der Waals surface area contributed by atoms with Gasteiger partial charge in [0.1, 0.15) is 12.4 Å². The Kier molecular flexibility index (Phi) is 8.62. The number of likely N-dealkylation sites (N-methyl/N-ethyl adjacent to an activating group) is 1. The van der Waals surface area contributed by atoms with Gasteiger partial charge in [-0.05, 0) is 44.0 Å². The van der Waals surface area contributed by atoms with E-state index in [1.807, 2.05) is 12.1 Å². The number of ether oxygens (including phenoxy) is 1. The summed E-state index contributed by atoms with van der Waals surface area (Å²) < 4.78 is 6.05. The summed E-state index contributed by atoms with van der Waals surface area (Å²) in [7, 11) is 2.09. The number of benzene rings is 1. The van der Waals surface area contributed by atoms with Crippen LogP contribution in [0.3, 0.4) is 0 Å². The van der Waals surface area contributed by atoms with E-state index in [1.165, 1.54) is 24.8 Å². The molecular weight excluding hydrogens is 416 g/mol. The molecule has 0 aromatic heterocycles. The van der Waals surface area contributed by atoms with Gasteiger partial charge in [-0.25, -0.2) is 0 Å². The first kappa shape index (κ1) is 24.0. The lowest BCUT2D eigenvalue weighted by atomic mass is 9.88. The Morgan fingerprint density at radius 1 is 1.12 bits per heavy atom. The monoisotopic (exact) mass is 456 g/mol. The Balaban J connectivity index is 1.14. The van der Waals surface area contributed by atoms with Crippen molar-refractivity contribution in [2.45, 2.75) is 57.5 Å². The third kappa shape index (κ3) is 7.18. The molecule has 1 atom stereocenters. The molecule has 7 nitrogen and oxygen atoms in total. The molecule has 2 saturated heterocycles. The van der Waals surface area contributed by atoms with Crippen LogP contribution >= 0.6 is 0 Å². The van der Waals surface area contributed by atoms with E-state index >= 15 is 0 Å². The van der Waals surface area contributed by atoms with Crippen molar-refractivity contribution >= 4 is 11.8 Å². The van der Waals surface area contributed by atoms with Crippen LogP contribution in [-0.2, 0) is 16.1 Å². The fourth-order valence-corrected chi connectivity index (χ4v) is 5.39. The quantitative estimate of drug-likeness (QED) is 0.619. The number of carbonyl (C=O) groups is 2. The summed E-state index contributed by atoms with van der Waals surface area (Å²) in [5.41, 5.74) is 1.22. The number of nitrogens with one attached hydrogen (secondary N) is 1. The number of carbonyl (C=O) groups excluding carboxylic acids is 2. The molecule has 2 amide bonds. The second-order valence-corrected chi connectivity index (χ2v) is 10.00. The largest absolute Gasteiger partial charge is 0.492 e. The minimum absolute atomic E-state index is 0.168. The Bertz CT molecular complexity index is 787. The molecule has 1 aromatic carbocycles. The van der Waals surface area contributed by atoms with Crippen molar-refractivity contribution in [2.75, 3.05) is 52.9 Å². The first-order valence-corrected chi connectivity index (χ1v) is 12.8. The number of rotatable bonds is 9. The second-order valence-electron chi connectivity index (χ2n) is 10.00. The van der Waals surface area contributed by atoms with Gasteiger partial charge in [0.25, 0.3) is 0 Å². The minimum atomic E-state index is 0.168. The zero-order valence-corrected chi connectivity index (χ0v) is 20.1. The van der Waals surface area contributed by atoms with Gasteiger partial charge in [0.05, 0.1) is 0 Å². The molecule has 0 unspecified atom stereocenters. The lowest BCUT2D eigenvalue weighted by Crippen LogP contribution is -2.51. The first-order valence-electron chi connectivity index (χ1n) is 12.8. The molecule has 1 saturated carbocycles. The van der Waals surface area contributed by atoms with E-state index in [-0.39, 0.29) is 17.9 Å². The summed E-state index contributed by atoms with van der Waals surface area (Å²) in [6, 6.07) is 8.57. The Labute approximate surface area is 198 Å². The standard InChI is InChI=1S/C26H40N4O3/c1-28(20-23-10-11-25(31)27-23)19-21-6-5-9-24(18-21)33-17-16-29-12-14-30(15-13-29)26(32)22-7-3-2-4-8-22/h5-6,9,18,22-23H,2-4,7-8,10-17,19-20H2,1H3,(H,27,31)/t23-/m0/s1. The highest BCUT2D eigenvalue weighted by atomic mass is 16.5. The van der Waals surface area contributed by atoms with Crippen LogP contribution in [0.1, 0.15) is 50.5 Å². The maximum absolute atomic E-state index is 12.7. The van der Waals surface area contributed by atoms with Crippen LogP contribution in [0.15, 0.2) is 24.3 Å². The molecule has 2 heterocycles. The van der Waals surface area contributed by atoms with E-state index in [0.29, 0.717) is 18.9 Å². The Morgan fingerprint density at radius 3 is 2.64 bits per heavy atom. The first-order chi connectivity index (χ1) is 16.1. The van der Waals surface area contributed by atoms with Crippen LogP contribution in [0.25, 0.3) is 0 Å². The van der Waals surface area contributed by atoms with Crippen molar-refractivity contribution in [3.8, 4) is 5.75 Å². The fraction of sp³-hybridized carbons (Fsp3) is 0.692. The second kappa shape index (κ2) is 11.8. The maximum Gasteiger partial charge on any atom is 0.225 e. The van der Waals surface area contributed by atoms with E-state index in [9.17, 15) is 9.59 Å². The predicted octanol–water partition coefficient (Wildman–Crippen LogP) is 2.50. The summed E-state index contributed by atoms with van der Waals surface area (Å²) in [6.07, 6.45) is 7.45. The van der Waals surface area contributed by atoms with E-state index in [4.69, 9.17) is 4.74 Å². The predicted molar refractivity (Wildman–Crippen MR) is 129 cm³/mol. The molecule has 4 rings (SSSR count). The smallest absolute Gasteiger partial charge is 0.225 e. The number of hydrogen-bond acceptors (Lipinski definition) is 5. The van der Waals surface area contributed by atoms with Gasteiger partial charge in [0.15, 0.2) is 0 Å². The fourth-order valence-electron chi connectivity index (χ4n) is 5.39. The van der Waals surface area contributed by atoms with Crippen molar-refractivity contribution in [3.05, 3.63) is 29.8 Å². The molecular formula is C26H40N4O3. The summed E-state index contributed by atoms with van der Waals surface area (Å²) in [4.78, 5) is 30.9. The van der Waals surface area contributed by atoms with Gasteiger partial charge < -0.3 is 19.9 Å². The van der Waals surface area contributed by atoms with Crippen LogP contribution in [0.2, 0.25) is 0 Å². The Morgan fingerprint density at radius 2 is 1.91 bits per heavy atom. The van der Waals surface area contributed by atoms with Gasteiger partial charge in [-0.3, -0.25) is 14.5 Å². The molecule has 3 fully saturated rings. The van der Waals surface area contributed by atoms with Gasteiger partial charge in [-0.1, -0.05) is 31.4 Å². The highest BCUT2D eigenvalue weighted by Crippen LogP contribution is 2.26. The van der Waals surface area contributed by atoms with Gasteiger partial charge in [-0.2, -0.15) is 0 Å². The zero-order chi connectivity index (χ0) is 23.0. The van der Waals surface area contributed by atoms with Crippen LogP contribution in [0.4, 0.5) is 0 Å². The van der Waals surface area contributed by atoms with Crippen LogP contribution in [0.5, 0.6) is 5.75 Å². The SMILES string of the molecule is CN(Cc1cccc(OCCN2CCN(C(=O)C3CCCCC3)CC2)c1)C[C@@H]1CCC(=O)N1. The molecule has 2 aliphatic heterocycles. The van der Waals surface area contributed by atoms with E-state index < -0.39 is 0 Å². The molecule has 33 heavy (non-hydrogen) atoms. The lowest BCUT2D eigenvalue weighted by Gasteiger charge is -2.37. The molecule has 1 aliphatic carbocycles. The van der Waals surface area contributed by atoms with Crippen molar-refractivity contribution in [1.82, 2.24) is 20.0 Å². The van der Waals surface area contributed by atoms with Crippen LogP contribution in [-0.4, -0.2) is 85.5 Å². The van der Waals surface area contributed by atoms with Crippen LogP contribution < -0.4 is 10.1 Å². The molecule has 0 radical (unpaired) electrons. The van der Waals surface area contributed by atoms with E-state index in [2.05, 4.69) is 39.2 Å². The molecule has 3 aliphatic rings. The van der Waals surface area contributed by atoms with Gasteiger partial charge in [0.2, 0.25) is 11.8 Å². The Hall–Kier alpha value is -2.12. The summed E-state index contributed by atoms with van der Waals surface area (Å²) >= 11 is 0. The molecule has 7 heteroatoms. The van der Waals surface area contributed by atoms with Gasteiger partial charge in [-0.15, -0.1) is 0 Å². The zero-order valence-electron chi connectivity index (χ0n) is 20.1. The van der Waals surface area contributed by atoms with Crippen molar-refractivity contribution in [2.24, 2.45) is 5.92 Å². The van der Waals surface area contributed by atoms with Crippen molar-refractivity contribution < 1.29 is 14.3 Å². The molecule has 0 spiro atoms. The minimum Gasteiger partial charge on any atom is -0.492 e. The molecule has 182 valence electrons. The molecule has 0 bridgehead atoms. The molecule has 1 N–H and O–H groups in total. The highest BCUT2D eigenvalue weighted by molar-refractivity contribution is 5.79. The van der Waals surface area contributed by atoms with Crippen molar-refractivity contribution in [3.63, 3.8) is 0 Å². The molecule has 1 aromatic rings. The van der Waals surface area contributed by atoms with Gasteiger partial charge >= 0.3 is 0 Å². The average molecular weight is 457 g/mol. The average Bonchev–Trinajstić information content (AvgIpc) is 3.24. The summed E-state index contributed by atoms with van der Waals surface area (Å²) in [5.74, 6) is 1.74. The van der Waals surface area contributed by atoms with E-state index in [0.717, 1.165) is 70.8 Å². The number of amides is 2. The highest BCUT2D eigenvalue weighted by Gasteiger charge is 2.28. The van der Waals surface area contributed by atoms with Gasteiger partial charge in [0, 0.05) is 64.2 Å². The summed E-state index contributed by atoms with van der Waals surface area (Å²) in [6.45, 7) is 6.81. The van der Waals surface area contributed by atoms with Crippen LogP contribution in [0, 0.1) is 5.92 Å². The number of nitrogens with zero attached hydrogens (tertiary/aromatic N) is 3. The third-order valence-electron chi connectivity index (χ3n) is 7.28. The topological polar surface area (TPSA) is 65.1 Å². The maximum atomic E-state index is 12.7. The number of hydrogen-bond donors (Lipinski definition) is 1. The van der Waals surface area contributed by atoms with E-state index in [1.54, 1.807) is 0 Å².